The van der Waals surface area contributed by atoms with E-state index in [4.69, 9.17) is 14.2 Å². The van der Waals surface area contributed by atoms with Gasteiger partial charge in [-0.25, -0.2) is 4.90 Å². The van der Waals surface area contributed by atoms with E-state index in [1.807, 2.05) is 36.1 Å². The van der Waals surface area contributed by atoms with Crippen LogP contribution in [0.3, 0.4) is 0 Å². The molecule has 2 aromatic carbocycles. The largest absolute Gasteiger partial charge is 0.497 e. The number of ether oxygens (including phenoxy) is 3. The Bertz CT molecular complexity index is 1020. The quantitative estimate of drug-likeness (QED) is 0.637. The van der Waals surface area contributed by atoms with E-state index < -0.39 is 0 Å². The van der Waals surface area contributed by atoms with Gasteiger partial charge in [0, 0.05) is 19.2 Å². The summed E-state index contributed by atoms with van der Waals surface area (Å²) in [5, 5.41) is 0. The van der Waals surface area contributed by atoms with E-state index in [0.717, 1.165) is 31.7 Å². The molecule has 7 nitrogen and oxygen atoms in total. The van der Waals surface area contributed by atoms with Gasteiger partial charge < -0.3 is 19.1 Å². The molecule has 2 amide bonds. The molecular formula is C24H26N2O5. The predicted molar refractivity (Wildman–Crippen MR) is 117 cm³/mol. The molecule has 0 spiro atoms. The zero-order chi connectivity index (χ0) is 22.0. The Hall–Kier alpha value is -3.48. The first-order valence-corrected chi connectivity index (χ1v) is 10.4. The molecule has 0 saturated carbocycles. The molecule has 162 valence electrons. The SMILES string of the molecule is CCOc1ccc(C2=C(N3CCCC3)C(=O)N(c3cc(OC)ccc3OC)C2=O)cc1. The van der Waals surface area contributed by atoms with Crippen molar-refractivity contribution in [3.8, 4) is 17.2 Å². The van der Waals surface area contributed by atoms with Gasteiger partial charge in [-0.05, 0) is 49.6 Å². The first kappa shape index (κ1) is 20.8. The van der Waals surface area contributed by atoms with E-state index in [-0.39, 0.29) is 11.8 Å². The highest BCUT2D eigenvalue weighted by Gasteiger charge is 2.44. The van der Waals surface area contributed by atoms with Crippen LogP contribution in [-0.2, 0) is 9.59 Å². The summed E-state index contributed by atoms with van der Waals surface area (Å²) in [6, 6.07) is 12.4. The minimum Gasteiger partial charge on any atom is -0.497 e. The highest BCUT2D eigenvalue weighted by atomic mass is 16.5. The van der Waals surface area contributed by atoms with E-state index >= 15 is 0 Å². The number of methoxy groups -OCH3 is 2. The Morgan fingerprint density at radius 1 is 0.871 bits per heavy atom. The molecule has 0 unspecified atom stereocenters. The van der Waals surface area contributed by atoms with Crippen LogP contribution in [0.25, 0.3) is 5.57 Å². The highest BCUT2D eigenvalue weighted by Crippen LogP contribution is 2.41. The zero-order valence-electron chi connectivity index (χ0n) is 18.0. The van der Waals surface area contributed by atoms with Gasteiger partial charge in [0.2, 0.25) is 0 Å². The molecule has 31 heavy (non-hydrogen) atoms. The minimum absolute atomic E-state index is 0.345. The Labute approximate surface area is 181 Å². The van der Waals surface area contributed by atoms with E-state index in [1.165, 1.54) is 12.0 Å². The lowest BCUT2D eigenvalue weighted by Gasteiger charge is -2.21. The Balaban J connectivity index is 1.82. The molecule has 2 aliphatic rings. The lowest BCUT2D eigenvalue weighted by molar-refractivity contribution is -0.120. The molecule has 0 N–H and O–H groups in total. The van der Waals surface area contributed by atoms with Crippen molar-refractivity contribution in [2.45, 2.75) is 19.8 Å². The van der Waals surface area contributed by atoms with Crippen LogP contribution in [0, 0.1) is 0 Å². The van der Waals surface area contributed by atoms with Gasteiger partial charge in [0.1, 0.15) is 22.9 Å². The topological polar surface area (TPSA) is 68.3 Å². The van der Waals surface area contributed by atoms with Crippen molar-refractivity contribution in [3.05, 3.63) is 53.7 Å². The monoisotopic (exact) mass is 422 g/mol. The molecular weight excluding hydrogens is 396 g/mol. The van der Waals surface area contributed by atoms with Crippen molar-refractivity contribution in [3.63, 3.8) is 0 Å². The number of benzene rings is 2. The van der Waals surface area contributed by atoms with Crippen LogP contribution in [-0.4, -0.2) is 50.6 Å². The number of hydrogen-bond donors (Lipinski definition) is 0. The van der Waals surface area contributed by atoms with Crippen molar-refractivity contribution in [2.75, 3.05) is 38.8 Å². The molecule has 4 rings (SSSR count). The Morgan fingerprint density at radius 3 is 2.16 bits per heavy atom. The molecule has 1 fully saturated rings. The molecule has 0 bridgehead atoms. The third-order valence-corrected chi connectivity index (χ3v) is 5.56. The van der Waals surface area contributed by atoms with Crippen LogP contribution in [0.1, 0.15) is 25.3 Å². The van der Waals surface area contributed by atoms with Crippen LogP contribution < -0.4 is 19.1 Å². The predicted octanol–water partition coefficient (Wildman–Crippen LogP) is 3.48. The molecule has 0 aliphatic carbocycles. The first-order valence-electron chi connectivity index (χ1n) is 10.4. The number of carbonyl (C=O) groups is 2. The molecule has 0 radical (unpaired) electrons. The minimum atomic E-state index is -0.373. The maximum Gasteiger partial charge on any atom is 0.282 e. The third-order valence-electron chi connectivity index (χ3n) is 5.56. The summed E-state index contributed by atoms with van der Waals surface area (Å²) in [5.41, 5.74) is 1.90. The maximum absolute atomic E-state index is 13.7. The molecule has 7 heteroatoms. The maximum atomic E-state index is 13.7. The van der Waals surface area contributed by atoms with Gasteiger partial charge in [-0.2, -0.15) is 0 Å². The van der Waals surface area contributed by atoms with Crippen LogP contribution in [0.5, 0.6) is 17.2 Å². The number of likely N-dealkylation sites (tertiary alicyclic amines) is 1. The number of rotatable bonds is 7. The summed E-state index contributed by atoms with van der Waals surface area (Å²) < 4.78 is 16.3. The van der Waals surface area contributed by atoms with Crippen molar-refractivity contribution in [1.82, 2.24) is 4.90 Å². The van der Waals surface area contributed by atoms with E-state index in [0.29, 0.717) is 40.6 Å². The van der Waals surface area contributed by atoms with Crippen LogP contribution in [0.15, 0.2) is 48.2 Å². The van der Waals surface area contributed by atoms with Gasteiger partial charge in [0.05, 0.1) is 32.1 Å². The normalized spacial score (nSPS) is 16.4. The summed E-state index contributed by atoms with van der Waals surface area (Å²) in [7, 11) is 3.05. The van der Waals surface area contributed by atoms with E-state index in [1.54, 1.807) is 25.3 Å². The zero-order valence-corrected chi connectivity index (χ0v) is 18.0. The Morgan fingerprint density at radius 2 is 1.55 bits per heavy atom. The van der Waals surface area contributed by atoms with Gasteiger partial charge in [-0.3, -0.25) is 9.59 Å². The fraction of sp³-hybridized carbons (Fsp3) is 0.333. The fourth-order valence-corrected chi connectivity index (χ4v) is 4.09. The summed E-state index contributed by atoms with van der Waals surface area (Å²) in [6.07, 6.45) is 1.98. The average molecular weight is 422 g/mol. The number of anilines is 1. The van der Waals surface area contributed by atoms with Crippen LogP contribution in [0.2, 0.25) is 0 Å². The second-order valence-corrected chi connectivity index (χ2v) is 7.36. The lowest BCUT2D eigenvalue weighted by Crippen LogP contribution is -2.34. The van der Waals surface area contributed by atoms with E-state index in [2.05, 4.69) is 0 Å². The van der Waals surface area contributed by atoms with Crippen molar-refractivity contribution in [2.24, 2.45) is 0 Å². The number of hydrogen-bond acceptors (Lipinski definition) is 6. The molecule has 2 aliphatic heterocycles. The van der Waals surface area contributed by atoms with Crippen LogP contribution in [0.4, 0.5) is 5.69 Å². The number of amides is 2. The molecule has 2 heterocycles. The van der Waals surface area contributed by atoms with Crippen molar-refractivity contribution < 1.29 is 23.8 Å². The van der Waals surface area contributed by atoms with Crippen LogP contribution >= 0.6 is 0 Å². The number of imide groups is 1. The second kappa shape index (κ2) is 8.71. The molecule has 0 atom stereocenters. The first-order chi connectivity index (χ1) is 15.1. The highest BCUT2D eigenvalue weighted by molar-refractivity contribution is 6.45. The number of nitrogens with zero attached hydrogens (tertiary/aromatic N) is 2. The smallest absolute Gasteiger partial charge is 0.282 e. The lowest BCUT2D eigenvalue weighted by atomic mass is 10.0. The van der Waals surface area contributed by atoms with Gasteiger partial charge >= 0.3 is 0 Å². The molecule has 2 aromatic rings. The standard InChI is InChI=1S/C24H26N2O5/c1-4-31-17-9-7-16(8-10-17)21-22(25-13-5-6-14-25)24(28)26(23(21)27)19-15-18(29-2)11-12-20(19)30-3/h7-12,15H,4-6,13-14H2,1-3H3. The van der Waals surface area contributed by atoms with Gasteiger partial charge in [0.15, 0.2) is 0 Å². The summed E-state index contributed by atoms with van der Waals surface area (Å²) in [6.45, 7) is 3.97. The Kier molecular flexibility index (Phi) is 5.84. The second-order valence-electron chi connectivity index (χ2n) is 7.36. The van der Waals surface area contributed by atoms with Crippen molar-refractivity contribution >= 4 is 23.1 Å². The number of carbonyl (C=O) groups excluding carboxylic acids is 2. The summed E-state index contributed by atoms with van der Waals surface area (Å²) in [5.74, 6) is 0.965. The van der Waals surface area contributed by atoms with E-state index in [9.17, 15) is 9.59 Å². The molecule has 1 saturated heterocycles. The summed E-state index contributed by atoms with van der Waals surface area (Å²) in [4.78, 5) is 30.5. The van der Waals surface area contributed by atoms with Gasteiger partial charge in [-0.1, -0.05) is 12.1 Å². The van der Waals surface area contributed by atoms with Gasteiger partial charge in [0.25, 0.3) is 11.8 Å². The fourth-order valence-electron chi connectivity index (χ4n) is 4.09. The van der Waals surface area contributed by atoms with Gasteiger partial charge in [-0.15, -0.1) is 0 Å². The third kappa shape index (κ3) is 3.71. The summed E-state index contributed by atoms with van der Waals surface area (Å²) >= 11 is 0. The van der Waals surface area contributed by atoms with Crippen molar-refractivity contribution in [1.29, 1.82) is 0 Å². The average Bonchev–Trinajstić information content (AvgIpc) is 3.40. The molecule has 0 aromatic heterocycles.